The van der Waals surface area contributed by atoms with Crippen LogP contribution in [0, 0.1) is 23.7 Å². The zero-order chi connectivity index (χ0) is 22.1. The summed E-state index contributed by atoms with van der Waals surface area (Å²) >= 11 is 7.27. The van der Waals surface area contributed by atoms with Gasteiger partial charge in [-0.05, 0) is 84.6 Å². The monoisotopic (exact) mass is 566 g/mol. The van der Waals surface area contributed by atoms with E-state index in [1.807, 2.05) is 0 Å². The van der Waals surface area contributed by atoms with Crippen LogP contribution >= 0.6 is 31.9 Å². The van der Waals surface area contributed by atoms with Crippen LogP contribution in [0.5, 0.6) is 0 Å². The lowest BCUT2D eigenvalue weighted by atomic mass is 10.2. The molecule has 0 N–H and O–H groups in total. The van der Waals surface area contributed by atoms with Gasteiger partial charge in [-0.3, -0.25) is 0 Å². The highest BCUT2D eigenvalue weighted by molar-refractivity contribution is 9.09. The lowest BCUT2D eigenvalue weighted by Crippen LogP contribution is -2.57. The van der Waals surface area contributed by atoms with E-state index in [-0.39, 0.29) is 0 Å². The maximum Gasteiger partial charge on any atom is 0.182 e. The normalized spacial score (nSPS) is 31.2. The second kappa shape index (κ2) is 10.1. The van der Waals surface area contributed by atoms with Crippen molar-refractivity contribution in [1.29, 1.82) is 0 Å². The average Bonchev–Trinajstić information content (AvgIpc) is 3.47. The molecule has 0 amide bonds. The van der Waals surface area contributed by atoms with Crippen LogP contribution in [0.4, 0.5) is 0 Å². The van der Waals surface area contributed by atoms with E-state index in [0.717, 1.165) is 23.7 Å². The Balaban J connectivity index is 2.05. The van der Waals surface area contributed by atoms with E-state index in [0.29, 0.717) is 10.1 Å². The van der Waals surface area contributed by atoms with Crippen LogP contribution in [0.1, 0.15) is 80.1 Å². The molecule has 2 fully saturated rings. The lowest BCUT2D eigenvalue weighted by molar-refractivity contribution is 0.422. The molecule has 0 aromatic carbocycles. The Morgan fingerprint density at radius 1 is 0.655 bits per heavy atom. The van der Waals surface area contributed by atoms with Gasteiger partial charge in [-0.1, -0.05) is 86.2 Å². The maximum atomic E-state index is 7.56. The fourth-order valence-electron chi connectivity index (χ4n) is 4.89. The lowest BCUT2D eigenvalue weighted by Gasteiger charge is -2.50. The van der Waals surface area contributed by atoms with Gasteiger partial charge in [0.15, 0.2) is 16.6 Å². The van der Waals surface area contributed by atoms with Crippen LogP contribution in [-0.2, 0) is 4.12 Å². The molecule has 0 bridgehead atoms. The first-order valence-corrected chi connectivity index (χ1v) is 19.6. The molecule has 0 aliphatic heterocycles. The molecule has 29 heavy (non-hydrogen) atoms. The van der Waals surface area contributed by atoms with E-state index in [1.165, 1.54) is 61.3 Å². The third-order valence-electron chi connectivity index (χ3n) is 8.71. The Bertz CT molecular complexity index is 484. The summed E-state index contributed by atoms with van der Waals surface area (Å²) in [6, 6.07) is 2.71. The first kappa shape index (κ1) is 26.6. The van der Waals surface area contributed by atoms with E-state index in [2.05, 4.69) is 86.5 Å². The Kier molecular flexibility index (Phi) is 9.26. The van der Waals surface area contributed by atoms with E-state index in [1.54, 1.807) is 0 Å². The minimum absolute atomic E-state index is 0.310. The van der Waals surface area contributed by atoms with Gasteiger partial charge in [-0.2, -0.15) is 0 Å². The summed E-state index contributed by atoms with van der Waals surface area (Å²) in [5.74, 6) is 3.92. The van der Waals surface area contributed by atoms with Gasteiger partial charge < -0.3 is 4.12 Å². The van der Waals surface area contributed by atoms with Crippen molar-refractivity contribution in [2.45, 2.75) is 115 Å². The number of alkyl halides is 2. The molecule has 0 heterocycles. The van der Waals surface area contributed by atoms with Crippen LogP contribution in [0.25, 0.3) is 0 Å². The van der Waals surface area contributed by atoms with Gasteiger partial charge in [0, 0.05) is 10.7 Å². The van der Waals surface area contributed by atoms with E-state index in [4.69, 9.17) is 4.12 Å². The van der Waals surface area contributed by atoms with Crippen LogP contribution in [0.15, 0.2) is 0 Å². The number of hydrogen-bond acceptors (Lipinski definition) is 1. The standard InChI is InChI=1S/C24H48Br2OSi2/c1-23(2,3)28(7,15-11-21-17-19(21)9-13-25)27-29(8,24(4,5)6)16-12-22-18-20(22)10-14-26/h19-22H,9-18H2,1-8H3. The van der Waals surface area contributed by atoms with Crippen molar-refractivity contribution in [2.24, 2.45) is 23.7 Å². The van der Waals surface area contributed by atoms with Gasteiger partial charge in [-0.25, -0.2) is 0 Å². The summed E-state index contributed by atoms with van der Waals surface area (Å²) in [5, 5.41) is 2.96. The van der Waals surface area contributed by atoms with Gasteiger partial charge in [0.1, 0.15) is 0 Å². The molecule has 2 rings (SSSR count). The molecule has 2 aliphatic rings. The number of halogens is 2. The second-order valence-electron chi connectivity index (χ2n) is 12.6. The molecule has 2 aliphatic carbocycles. The summed E-state index contributed by atoms with van der Waals surface area (Å²) < 4.78 is 7.56. The van der Waals surface area contributed by atoms with Gasteiger partial charge in [-0.15, -0.1) is 0 Å². The molecule has 0 radical (unpaired) electrons. The minimum Gasteiger partial charge on any atom is -0.454 e. The maximum absolute atomic E-state index is 7.56. The molecular formula is C24H48Br2OSi2. The predicted octanol–water partition coefficient (Wildman–Crippen LogP) is 9.38. The van der Waals surface area contributed by atoms with Crippen molar-refractivity contribution in [3.8, 4) is 0 Å². The van der Waals surface area contributed by atoms with Crippen LogP contribution in [-0.4, -0.2) is 27.3 Å². The molecule has 0 saturated heterocycles. The molecule has 6 atom stereocenters. The molecule has 6 unspecified atom stereocenters. The van der Waals surface area contributed by atoms with Crippen molar-refractivity contribution in [1.82, 2.24) is 0 Å². The van der Waals surface area contributed by atoms with Crippen molar-refractivity contribution < 1.29 is 4.12 Å². The molecule has 0 aromatic heterocycles. The van der Waals surface area contributed by atoms with Crippen molar-refractivity contribution in [3.63, 3.8) is 0 Å². The molecule has 0 aromatic rings. The van der Waals surface area contributed by atoms with Gasteiger partial charge in [0.2, 0.25) is 0 Å². The Hall–Kier alpha value is 1.35. The van der Waals surface area contributed by atoms with E-state index >= 15 is 0 Å². The summed E-state index contributed by atoms with van der Waals surface area (Å²) in [6.07, 6.45) is 8.47. The number of hydrogen-bond donors (Lipinski definition) is 0. The topological polar surface area (TPSA) is 9.23 Å². The summed E-state index contributed by atoms with van der Waals surface area (Å²) in [4.78, 5) is 0. The smallest absolute Gasteiger partial charge is 0.182 e. The Morgan fingerprint density at radius 2 is 0.966 bits per heavy atom. The van der Waals surface area contributed by atoms with Crippen LogP contribution in [0.2, 0.25) is 35.3 Å². The zero-order valence-electron chi connectivity index (χ0n) is 20.5. The molecule has 2 saturated carbocycles. The highest BCUT2D eigenvalue weighted by Crippen LogP contribution is 2.53. The summed E-state index contributed by atoms with van der Waals surface area (Å²) in [6.45, 7) is 19.9. The quantitative estimate of drug-likeness (QED) is 0.168. The van der Waals surface area contributed by atoms with Crippen molar-refractivity contribution in [3.05, 3.63) is 0 Å². The fourth-order valence-corrected chi connectivity index (χ4v) is 16.7. The predicted molar refractivity (Wildman–Crippen MR) is 143 cm³/mol. The van der Waals surface area contributed by atoms with Gasteiger partial charge in [0.05, 0.1) is 0 Å². The van der Waals surface area contributed by atoms with Crippen LogP contribution < -0.4 is 0 Å². The molecule has 5 heteroatoms. The third-order valence-corrected chi connectivity index (χ3v) is 22.1. The first-order valence-electron chi connectivity index (χ1n) is 12.1. The Morgan fingerprint density at radius 3 is 1.24 bits per heavy atom. The largest absolute Gasteiger partial charge is 0.454 e. The fraction of sp³-hybridized carbons (Fsp3) is 1.00. The van der Waals surface area contributed by atoms with Crippen molar-refractivity contribution in [2.75, 3.05) is 10.7 Å². The van der Waals surface area contributed by atoms with Crippen molar-refractivity contribution >= 4 is 48.5 Å². The molecular weight excluding hydrogens is 520 g/mol. The Labute approximate surface area is 201 Å². The first-order chi connectivity index (χ1) is 13.3. The van der Waals surface area contributed by atoms with Crippen LogP contribution in [0.3, 0.4) is 0 Å². The number of rotatable bonds is 12. The second-order valence-corrected chi connectivity index (χ2v) is 23.9. The average molecular weight is 569 g/mol. The van der Waals surface area contributed by atoms with Gasteiger partial charge in [0.25, 0.3) is 0 Å². The molecule has 1 nitrogen and oxygen atoms in total. The molecule has 172 valence electrons. The van der Waals surface area contributed by atoms with E-state index < -0.39 is 16.6 Å². The minimum atomic E-state index is -1.81. The summed E-state index contributed by atoms with van der Waals surface area (Å²) in [5.41, 5.74) is 0. The van der Waals surface area contributed by atoms with E-state index in [9.17, 15) is 0 Å². The highest BCUT2D eigenvalue weighted by Gasteiger charge is 2.53. The highest BCUT2D eigenvalue weighted by atomic mass is 79.9. The third kappa shape index (κ3) is 7.17. The zero-order valence-corrected chi connectivity index (χ0v) is 25.7. The summed E-state index contributed by atoms with van der Waals surface area (Å²) in [7, 11) is -3.63. The van der Waals surface area contributed by atoms with Gasteiger partial charge >= 0.3 is 0 Å². The SMILES string of the molecule is CC(C)(C)[Si](C)(CCC1CC1CCBr)O[Si](C)(CCC1CC1CCBr)C(C)(C)C. The molecule has 0 spiro atoms.